The molecule has 0 aromatic rings. The smallest absolute Gasteiger partial charge is 0.227 e. The second-order valence-corrected chi connectivity index (χ2v) is 6.13. The molecule has 1 saturated heterocycles. The van der Waals surface area contributed by atoms with Crippen LogP contribution in [0, 0.1) is 11.8 Å². The molecular weight excluding hydrogens is 228 g/mol. The molecule has 0 radical (unpaired) electrons. The van der Waals surface area contributed by atoms with Crippen molar-refractivity contribution in [1.29, 1.82) is 0 Å². The van der Waals surface area contributed by atoms with Gasteiger partial charge < -0.3 is 14.9 Å². The quantitative estimate of drug-likeness (QED) is 0.767. The lowest BCUT2D eigenvalue weighted by molar-refractivity contribution is -0.136. The molecule has 1 unspecified atom stereocenters. The fourth-order valence-corrected chi connectivity index (χ4v) is 2.92. The van der Waals surface area contributed by atoms with Crippen molar-refractivity contribution >= 4 is 5.91 Å². The first-order chi connectivity index (χ1) is 8.61. The minimum atomic E-state index is 0.0880. The summed E-state index contributed by atoms with van der Waals surface area (Å²) < 4.78 is 0. The number of amides is 1. The summed E-state index contributed by atoms with van der Waals surface area (Å²) in [5.74, 6) is 1.10. The average molecular weight is 254 g/mol. The molecule has 2 fully saturated rings. The molecule has 1 atom stereocenters. The van der Waals surface area contributed by atoms with Crippen LogP contribution >= 0.6 is 0 Å². The number of carbonyl (C=O) groups is 1. The molecular formula is C14H26N2O2. The van der Waals surface area contributed by atoms with E-state index in [1.807, 2.05) is 4.90 Å². The fourth-order valence-electron chi connectivity index (χ4n) is 2.92. The second-order valence-electron chi connectivity index (χ2n) is 6.13. The van der Waals surface area contributed by atoms with E-state index in [0.29, 0.717) is 18.5 Å². The Balaban J connectivity index is 1.85. The van der Waals surface area contributed by atoms with Crippen molar-refractivity contribution in [2.75, 3.05) is 32.8 Å². The van der Waals surface area contributed by atoms with E-state index in [1.54, 1.807) is 0 Å². The summed E-state index contributed by atoms with van der Waals surface area (Å²) in [4.78, 5) is 16.8. The van der Waals surface area contributed by atoms with Crippen LogP contribution in [0.15, 0.2) is 0 Å². The molecule has 1 amide bonds. The van der Waals surface area contributed by atoms with Crippen LogP contribution < -0.4 is 0 Å². The summed E-state index contributed by atoms with van der Waals surface area (Å²) in [6, 6.07) is 0.420. The number of hydrogen-bond acceptors (Lipinski definition) is 3. The van der Waals surface area contributed by atoms with Gasteiger partial charge in [0.15, 0.2) is 0 Å². The summed E-state index contributed by atoms with van der Waals surface area (Å²) in [5, 5.41) is 9.07. The number of carbonyl (C=O) groups excluding carboxylic acids is 1. The summed E-state index contributed by atoms with van der Waals surface area (Å²) in [5.41, 5.74) is 0. The highest BCUT2D eigenvalue weighted by atomic mass is 16.3. The maximum Gasteiger partial charge on any atom is 0.227 e. The summed E-state index contributed by atoms with van der Waals surface area (Å²) in [7, 11) is 0. The highest BCUT2D eigenvalue weighted by molar-refractivity contribution is 5.80. The first kappa shape index (κ1) is 13.8. The molecule has 0 spiro atoms. The van der Waals surface area contributed by atoms with Gasteiger partial charge in [-0.15, -0.1) is 0 Å². The van der Waals surface area contributed by atoms with E-state index in [4.69, 9.17) is 5.11 Å². The first-order valence-corrected chi connectivity index (χ1v) is 7.25. The molecule has 1 saturated carbocycles. The summed E-state index contributed by atoms with van der Waals surface area (Å²) in [6.07, 6.45) is 3.22. The Hall–Kier alpha value is -0.610. The van der Waals surface area contributed by atoms with Gasteiger partial charge in [0, 0.05) is 25.7 Å². The molecule has 4 nitrogen and oxygen atoms in total. The van der Waals surface area contributed by atoms with Crippen LogP contribution in [0.4, 0.5) is 0 Å². The van der Waals surface area contributed by atoms with E-state index in [0.717, 1.165) is 38.9 Å². The number of rotatable bonds is 6. The van der Waals surface area contributed by atoms with Gasteiger partial charge in [-0.05, 0) is 31.7 Å². The fraction of sp³-hybridized carbons (Fsp3) is 0.929. The van der Waals surface area contributed by atoms with Gasteiger partial charge in [0.2, 0.25) is 5.91 Å². The molecule has 4 heteroatoms. The number of hydrogen-bond donors (Lipinski definition) is 1. The van der Waals surface area contributed by atoms with Crippen LogP contribution in [0.5, 0.6) is 0 Å². The van der Waals surface area contributed by atoms with Gasteiger partial charge in [-0.25, -0.2) is 0 Å². The lowest BCUT2D eigenvalue weighted by Crippen LogP contribution is -2.40. The lowest BCUT2D eigenvalue weighted by atomic mass is 10.1. The Morgan fingerprint density at radius 3 is 2.67 bits per heavy atom. The third-order valence-corrected chi connectivity index (χ3v) is 3.86. The van der Waals surface area contributed by atoms with Crippen LogP contribution in [-0.2, 0) is 4.79 Å². The van der Waals surface area contributed by atoms with Gasteiger partial charge in [-0.3, -0.25) is 4.79 Å². The van der Waals surface area contributed by atoms with E-state index < -0.39 is 0 Å². The standard InChI is InChI=1S/C14H26N2O2/c1-11(2)9-15-6-5-12(10-15)14(18)16(7-8-17)13-3-4-13/h11-13,17H,3-10H2,1-2H3. The van der Waals surface area contributed by atoms with Gasteiger partial charge in [-0.2, -0.15) is 0 Å². The Morgan fingerprint density at radius 2 is 2.11 bits per heavy atom. The number of aliphatic hydroxyl groups excluding tert-OH is 1. The Kier molecular flexibility index (Phi) is 4.62. The maximum atomic E-state index is 12.4. The first-order valence-electron chi connectivity index (χ1n) is 7.25. The molecule has 1 heterocycles. The van der Waals surface area contributed by atoms with Crippen molar-refractivity contribution in [3.8, 4) is 0 Å². The van der Waals surface area contributed by atoms with E-state index in [-0.39, 0.29) is 18.4 Å². The summed E-state index contributed by atoms with van der Waals surface area (Å²) in [6.45, 7) is 8.09. The third-order valence-electron chi connectivity index (χ3n) is 3.86. The van der Waals surface area contributed by atoms with Crippen LogP contribution in [0.25, 0.3) is 0 Å². The van der Waals surface area contributed by atoms with Crippen molar-refractivity contribution < 1.29 is 9.90 Å². The predicted molar refractivity (Wildman–Crippen MR) is 71.2 cm³/mol. The minimum absolute atomic E-state index is 0.0880. The van der Waals surface area contributed by atoms with Crippen LogP contribution in [-0.4, -0.2) is 59.6 Å². The number of nitrogens with zero attached hydrogens (tertiary/aromatic N) is 2. The number of aliphatic hydroxyl groups is 1. The maximum absolute atomic E-state index is 12.4. The van der Waals surface area contributed by atoms with E-state index in [9.17, 15) is 4.79 Å². The monoisotopic (exact) mass is 254 g/mol. The van der Waals surface area contributed by atoms with E-state index in [2.05, 4.69) is 18.7 Å². The summed E-state index contributed by atoms with van der Waals surface area (Å²) >= 11 is 0. The predicted octanol–water partition coefficient (Wildman–Crippen LogP) is 0.948. The lowest BCUT2D eigenvalue weighted by Gasteiger charge is -2.25. The molecule has 104 valence electrons. The van der Waals surface area contributed by atoms with Crippen molar-refractivity contribution in [3.05, 3.63) is 0 Å². The molecule has 0 bridgehead atoms. The molecule has 1 aliphatic heterocycles. The Labute approximate surface area is 110 Å². The average Bonchev–Trinajstić information content (AvgIpc) is 3.05. The van der Waals surface area contributed by atoms with E-state index >= 15 is 0 Å². The Morgan fingerprint density at radius 1 is 1.39 bits per heavy atom. The molecule has 1 aliphatic carbocycles. The van der Waals surface area contributed by atoms with E-state index in [1.165, 1.54) is 0 Å². The molecule has 2 aliphatic rings. The highest BCUT2D eigenvalue weighted by Crippen LogP contribution is 2.30. The zero-order valence-electron chi connectivity index (χ0n) is 11.6. The van der Waals surface area contributed by atoms with Crippen LogP contribution in [0.2, 0.25) is 0 Å². The highest BCUT2D eigenvalue weighted by Gasteiger charge is 2.37. The van der Waals surface area contributed by atoms with Gasteiger partial charge in [0.25, 0.3) is 0 Å². The van der Waals surface area contributed by atoms with Crippen LogP contribution in [0.1, 0.15) is 33.1 Å². The SMILES string of the molecule is CC(C)CN1CCC(C(=O)N(CCO)C2CC2)C1. The largest absolute Gasteiger partial charge is 0.395 e. The van der Waals surface area contributed by atoms with Crippen LogP contribution in [0.3, 0.4) is 0 Å². The van der Waals surface area contributed by atoms with Crippen molar-refractivity contribution in [1.82, 2.24) is 9.80 Å². The van der Waals surface area contributed by atoms with Gasteiger partial charge >= 0.3 is 0 Å². The molecule has 18 heavy (non-hydrogen) atoms. The van der Waals surface area contributed by atoms with Crippen molar-refractivity contribution in [3.63, 3.8) is 0 Å². The van der Waals surface area contributed by atoms with Crippen molar-refractivity contribution in [2.45, 2.75) is 39.2 Å². The number of likely N-dealkylation sites (tertiary alicyclic amines) is 1. The topological polar surface area (TPSA) is 43.8 Å². The Bertz CT molecular complexity index is 290. The van der Waals surface area contributed by atoms with Gasteiger partial charge in [-0.1, -0.05) is 13.8 Å². The third kappa shape index (κ3) is 3.45. The minimum Gasteiger partial charge on any atom is -0.395 e. The van der Waals surface area contributed by atoms with Gasteiger partial charge in [0.05, 0.1) is 12.5 Å². The zero-order valence-corrected chi connectivity index (χ0v) is 11.6. The molecule has 2 rings (SSSR count). The molecule has 0 aromatic heterocycles. The second kappa shape index (κ2) is 6.02. The van der Waals surface area contributed by atoms with Gasteiger partial charge in [0.1, 0.15) is 0 Å². The molecule has 0 aromatic carbocycles. The zero-order chi connectivity index (χ0) is 13.1. The normalized spacial score (nSPS) is 24.8. The molecule has 1 N–H and O–H groups in total. The van der Waals surface area contributed by atoms with Crippen molar-refractivity contribution in [2.24, 2.45) is 11.8 Å².